The Bertz CT molecular complexity index is 375. The van der Waals surface area contributed by atoms with Crippen LogP contribution in [-0.2, 0) is 0 Å². The van der Waals surface area contributed by atoms with Gasteiger partial charge < -0.3 is 9.64 Å². The minimum absolute atomic E-state index is 0.709. The van der Waals surface area contributed by atoms with Crippen molar-refractivity contribution >= 4 is 22.6 Å². The highest BCUT2D eigenvalue weighted by molar-refractivity contribution is 8.13. The van der Waals surface area contributed by atoms with Gasteiger partial charge in [-0.25, -0.2) is 0 Å². The summed E-state index contributed by atoms with van der Waals surface area (Å²) in [5, 5.41) is 1.10. The highest BCUT2D eigenvalue weighted by atomic mass is 32.2. The number of rotatable bonds is 3. The SMILES string of the molecule is CCOc1ccc(N2CCN=C2SC)cc1. The third-order valence-electron chi connectivity index (χ3n) is 2.44. The smallest absolute Gasteiger partial charge is 0.163 e. The number of hydrogen-bond acceptors (Lipinski definition) is 4. The second-order valence-corrected chi connectivity index (χ2v) is 4.22. The zero-order valence-corrected chi connectivity index (χ0v) is 10.5. The van der Waals surface area contributed by atoms with Gasteiger partial charge in [-0.3, -0.25) is 4.99 Å². The zero-order chi connectivity index (χ0) is 11.4. The molecule has 0 atom stereocenters. The normalized spacial score (nSPS) is 15.1. The molecular weight excluding hydrogens is 220 g/mol. The Morgan fingerprint density at radius 3 is 2.75 bits per heavy atom. The Morgan fingerprint density at radius 2 is 2.12 bits per heavy atom. The maximum absolute atomic E-state index is 5.42. The fraction of sp³-hybridized carbons (Fsp3) is 0.417. The van der Waals surface area contributed by atoms with Gasteiger partial charge in [-0.1, -0.05) is 11.8 Å². The van der Waals surface area contributed by atoms with E-state index in [1.54, 1.807) is 11.8 Å². The predicted octanol–water partition coefficient (Wildman–Crippen LogP) is 2.62. The van der Waals surface area contributed by atoms with Crippen molar-refractivity contribution in [2.24, 2.45) is 4.99 Å². The summed E-state index contributed by atoms with van der Waals surface area (Å²) < 4.78 is 5.42. The molecule has 1 aliphatic heterocycles. The van der Waals surface area contributed by atoms with Crippen LogP contribution in [0.2, 0.25) is 0 Å². The summed E-state index contributed by atoms with van der Waals surface area (Å²) in [6.07, 6.45) is 2.06. The molecule has 0 amide bonds. The van der Waals surface area contributed by atoms with Crippen molar-refractivity contribution < 1.29 is 4.74 Å². The van der Waals surface area contributed by atoms with E-state index in [0.29, 0.717) is 6.61 Å². The molecule has 0 N–H and O–H groups in total. The van der Waals surface area contributed by atoms with E-state index in [9.17, 15) is 0 Å². The Balaban J connectivity index is 2.12. The molecule has 0 saturated heterocycles. The molecule has 1 heterocycles. The van der Waals surface area contributed by atoms with Crippen molar-refractivity contribution in [3.8, 4) is 5.75 Å². The van der Waals surface area contributed by atoms with Crippen molar-refractivity contribution in [1.82, 2.24) is 0 Å². The Morgan fingerprint density at radius 1 is 1.38 bits per heavy atom. The van der Waals surface area contributed by atoms with Crippen LogP contribution in [0.15, 0.2) is 29.3 Å². The van der Waals surface area contributed by atoms with Crippen LogP contribution < -0.4 is 9.64 Å². The average molecular weight is 236 g/mol. The molecule has 1 aliphatic rings. The molecule has 0 aromatic heterocycles. The Labute approximate surface area is 101 Å². The van der Waals surface area contributed by atoms with Gasteiger partial charge in [-0.05, 0) is 37.4 Å². The molecule has 4 heteroatoms. The van der Waals surface area contributed by atoms with E-state index in [0.717, 1.165) is 24.0 Å². The molecule has 86 valence electrons. The van der Waals surface area contributed by atoms with Crippen LogP contribution in [0.1, 0.15) is 6.92 Å². The van der Waals surface area contributed by atoms with E-state index >= 15 is 0 Å². The molecule has 0 aliphatic carbocycles. The number of amidine groups is 1. The minimum Gasteiger partial charge on any atom is -0.494 e. The molecule has 0 unspecified atom stereocenters. The molecule has 16 heavy (non-hydrogen) atoms. The first-order chi connectivity index (χ1) is 7.85. The minimum atomic E-state index is 0.709. The van der Waals surface area contributed by atoms with Gasteiger partial charge >= 0.3 is 0 Å². The van der Waals surface area contributed by atoms with Crippen LogP contribution in [-0.4, -0.2) is 31.1 Å². The first kappa shape index (κ1) is 11.3. The Hall–Kier alpha value is -1.16. The molecule has 1 aromatic carbocycles. The standard InChI is InChI=1S/C12H16N2OS/c1-3-15-11-6-4-10(5-7-11)14-9-8-13-12(14)16-2/h4-7H,3,8-9H2,1-2H3. The van der Waals surface area contributed by atoms with Gasteiger partial charge in [0.15, 0.2) is 5.17 Å². The van der Waals surface area contributed by atoms with Gasteiger partial charge in [-0.15, -0.1) is 0 Å². The number of nitrogens with zero attached hydrogens (tertiary/aromatic N) is 2. The summed E-state index contributed by atoms with van der Waals surface area (Å²) in [4.78, 5) is 6.68. The van der Waals surface area contributed by atoms with E-state index in [2.05, 4.69) is 28.3 Å². The average Bonchev–Trinajstić information content (AvgIpc) is 2.78. The lowest BCUT2D eigenvalue weighted by molar-refractivity contribution is 0.340. The van der Waals surface area contributed by atoms with E-state index in [-0.39, 0.29) is 0 Å². The molecule has 3 nitrogen and oxygen atoms in total. The molecule has 0 bridgehead atoms. The Kier molecular flexibility index (Phi) is 3.72. The largest absolute Gasteiger partial charge is 0.494 e. The van der Waals surface area contributed by atoms with Crippen molar-refractivity contribution in [3.63, 3.8) is 0 Å². The monoisotopic (exact) mass is 236 g/mol. The van der Waals surface area contributed by atoms with Crippen molar-refractivity contribution in [1.29, 1.82) is 0 Å². The number of aliphatic imine (C=N–C) groups is 1. The molecule has 0 spiro atoms. The van der Waals surface area contributed by atoms with Gasteiger partial charge in [0, 0.05) is 12.2 Å². The molecule has 0 fully saturated rings. The summed E-state index contributed by atoms with van der Waals surface area (Å²) >= 11 is 1.69. The molecular formula is C12H16N2OS. The summed E-state index contributed by atoms with van der Waals surface area (Å²) in [6.45, 7) is 4.57. The van der Waals surface area contributed by atoms with E-state index in [4.69, 9.17) is 4.74 Å². The van der Waals surface area contributed by atoms with Crippen LogP contribution in [0.25, 0.3) is 0 Å². The number of thioether (sulfide) groups is 1. The lowest BCUT2D eigenvalue weighted by atomic mass is 10.3. The number of ether oxygens (including phenoxy) is 1. The first-order valence-corrected chi connectivity index (χ1v) is 6.66. The molecule has 0 saturated carbocycles. The highest BCUT2D eigenvalue weighted by Crippen LogP contribution is 2.24. The van der Waals surface area contributed by atoms with Crippen LogP contribution in [0, 0.1) is 0 Å². The van der Waals surface area contributed by atoms with Crippen LogP contribution in [0.4, 0.5) is 5.69 Å². The van der Waals surface area contributed by atoms with Crippen molar-refractivity contribution in [2.45, 2.75) is 6.92 Å². The summed E-state index contributed by atoms with van der Waals surface area (Å²) in [5.41, 5.74) is 1.19. The van der Waals surface area contributed by atoms with E-state index < -0.39 is 0 Å². The van der Waals surface area contributed by atoms with Crippen molar-refractivity contribution in [3.05, 3.63) is 24.3 Å². The quantitative estimate of drug-likeness (QED) is 0.806. The first-order valence-electron chi connectivity index (χ1n) is 5.44. The van der Waals surface area contributed by atoms with Crippen LogP contribution >= 0.6 is 11.8 Å². The molecule has 0 radical (unpaired) electrons. The van der Waals surface area contributed by atoms with Gasteiger partial charge in [0.1, 0.15) is 5.75 Å². The maximum Gasteiger partial charge on any atom is 0.163 e. The van der Waals surface area contributed by atoms with Crippen LogP contribution in [0.5, 0.6) is 5.75 Å². The second kappa shape index (κ2) is 5.25. The summed E-state index contributed by atoms with van der Waals surface area (Å²) in [7, 11) is 0. The summed E-state index contributed by atoms with van der Waals surface area (Å²) in [5.74, 6) is 0.924. The summed E-state index contributed by atoms with van der Waals surface area (Å²) in [6, 6.07) is 8.19. The third-order valence-corrected chi connectivity index (χ3v) is 3.16. The number of anilines is 1. The van der Waals surface area contributed by atoms with E-state index in [1.165, 1.54) is 5.69 Å². The highest BCUT2D eigenvalue weighted by Gasteiger charge is 2.17. The topological polar surface area (TPSA) is 24.8 Å². The fourth-order valence-electron chi connectivity index (χ4n) is 1.73. The van der Waals surface area contributed by atoms with Gasteiger partial charge in [0.25, 0.3) is 0 Å². The maximum atomic E-state index is 5.42. The lowest BCUT2D eigenvalue weighted by Crippen LogP contribution is -2.24. The molecule has 2 rings (SSSR count). The third kappa shape index (κ3) is 2.32. The zero-order valence-electron chi connectivity index (χ0n) is 9.64. The fourth-order valence-corrected chi connectivity index (χ4v) is 2.37. The number of benzene rings is 1. The number of hydrogen-bond donors (Lipinski definition) is 0. The second-order valence-electron chi connectivity index (χ2n) is 3.45. The molecule has 1 aromatic rings. The van der Waals surface area contributed by atoms with Gasteiger partial charge in [-0.2, -0.15) is 0 Å². The van der Waals surface area contributed by atoms with E-state index in [1.807, 2.05) is 19.1 Å². The van der Waals surface area contributed by atoms with Gasteiger partial charge in [0.05, 0.1) is 13.2 Å². The van der Waals surface area contributed by atoms with Crippen LogP contribution in [0.3, 0.4) is 0 Å². The predicted molar refractivity (Wildman–Crippen MR) is 70.8 cm³/mol. The van der Waals surface area contributed by atoms with Gasteiger partial charge in [0.2, 0.25) is 0 Å². The lowest BCUT2D eigenvalue weighted by Gasteiger charge is -2.19. The van der Waals surface area contributed by atoms with Crippen molar-refractivity contribution in [2.75, 3.05) is 30.9 Å².